The van der Waals surface area contributed by atoms with Crippen LogP contribution < -0.4 is 0 Å². The monoisotopic (exact) mass is 186 g/mol. The Morgan fingerprint density at radius 1 is 0.786 bits per heavy atom. The van der Waals surface area contributed by atoms with E-state index < -0.39 is 12.2 Å². The Kier molecular flexibility index (Phi) is 1.46. The van der Waals surface area contributed by atoms with Gasteiger partial charge in [0, 0.05) is 0 Å². The van der Waals surface area contributed by atoms with Crippen LogP contribution in [0, 0.1) is 0 Å². The molecule has 2 heteroatoms. The van der Waals surface area contributed by atoms with Crippen molar-refractivity contribution in [1.29, 1.82) is 0 Å². The fraction of sp³-hybridized carbons (Fsp3) is 0.167. The van der Waals surface area contributed by atoms with Crippen LogP contribution in [0.4, 0.5) is 0 Å². The van der Waals surface area contributed by atoms with Gasteiger partial charge in [-0.05, 0) is 22.3 Å². The molecule has 0 fully saturated rings. The first kappa shape index (κ1) is 7.97. The summed E-state index contributed by atoms with van der Waals surface area (Å²) in [4.78, 5) is 0. The van der Waals surface area contributed by atoms with Crippen molar-refractivity contribution in [3.8, 4) is 0 Å². The van der Waals surface area contributed by atoms with Crippen molar-refractivity contribution in [3.63, 3.8) is 0 Å². The van der Waals surface area contributed by atoms with Gasteiger partial charge in [0.1, 0.15) is 12.2 Å². The summed E-state index contributed by atoms with van der Waals surface area (Å²) in [5.74, 6) is 0. The molecule has 2 atom stereocenters. The zero-order chi connectivity index (χ0) is 9.71. The molecule has 3 aliphatic carbocycles. The van der Waals surface area contributed by atoms with Crippen LogP contribution >= 0.6 is 0 Å². The fourth-order valence-electron chi connectivity index (χ4n) is 2.21. The summed E-state index contributed by atoms with van der Waals surface area (Å²) in [6.45, 7) is 0. The molecule has 0 unspecified atom stereocenters. The topological polar surface area (TPSA) is 40.5 Å². The van der Waals surface area contributed by atoms with Crippen molar-refractivity contribution in [2.75, 3.05) is 0 Å². The maximum absolute atomic E-state index is 9.83. The molecule has 0 saturated heterocycles. The van der Waals surface area contributed by atoms with Gasteiger partial charge in [-0.1, -0.05) is 36.5 Å². The minimum absolute atomic E-state index is 0.783. The van der Waals surface area contributed by atoms with E-state index in [9.17, 15) is 10.2 Å². The van der Waals surface area contributed by atoms with Crippen molar-refractivity contribution >= 4 is 0 Å². The van der Waals surface area contributed by atoms with Crippen LogP contribution in [-0.2, 0) is 0 Å². The summed E-state index contributed by atoms with van der Waals surface area (Å²) < 4.78 is 0. The Bertz CT molecular complexity index is 405. The lowest BCUT2D eigenvalue weighted by atomic mass is 9.83. The summed E-state index contributed by atoms with van der Waals surface area (Å²) in [6.07, 6.45) is 9.92. The smallest absolute Gasteiger partial charge is 0.110 e. The molecule has 0 aromatic rings. The Balaban J connectivity index is 2.26. The van der Waals surface area contributed by atoms with Gasteiger partial charge in [-0.2, -0.15) is 0 Å². The van der Waals surface area contributed by atoms with Crippen LogP contribution in [0.2, 0.25) is 0 Å². The molecule has 2 nitrogen and oxygen atoms in total. The molecule has 0 aromatic heterocycles. The zero-order valence-electron chi connectivity index (χ0n) is 7.51. The zero-order valence-corrected chi connectivity index (χ0v) is 7.51. The lowest BCUT2D eigenvalue weighted by Crippen LogP contribution is -2.33. The molecule has 0 saturated carbocycles. The Hall–Kier alpha value is -1.38. The minimum Gasteiger partial charge on any atom is -0.385 e. The normalized spacial score (nSPS) is 33.0. The molecule has 70 valence electrons. The van der Waals surface area contributed by atoms with Crippen molar-refractivity contribution in [3.05, 3.63) is 58.7 Å². The number of fused-ring (bicyclic) bond motifs is 2. The molecule has 3 aliphatic rings. The summed E-state index contributed by atoms with van der Waals surface area (Å²) in [7, 11) is 0. The van der Waals surface area contributed by atoms with Crippen LogP contribution in [0.3, 0.4) is 0 Å². The Morgan fingerprint density at radius 2 is 1.21 bits per heavy atom. The second kappa shape index (κ2) is 2.56. The second-order valence-electron chi connectivity index (χ2n) is 3.68. The van der Waals surface area contributed by atoms with Crippen LogP contribution in [0.1, 0.15) is 0 Å². The van der Waals surface area contributed by atoms with Crippen molar-refractivity contribution in [2.24, 2.45) is 0 Å². The summed E-state index contributed by atoms with van der Waals surface area (Å²) in [6, 6.07) is 0. The maximum Gasteiger partial charge on any atom is 0.110 e. The molecule has 0 spiro atoms. The van der Waals surface area contributed by atoms with Gasteiger partial charge in [0.2, 0.25) is 0 Å². The molecule has 0 bridgehead atoms. The van der Waals surface area contributed by atoms with Gasteiger partial charge in [0.15, 0.2) is 0 Å². The standard InChI is InChI=1S/C12H10O2/c13-11-9-5-1-3-7(9)8-4-2-6-10(8)12(11)14/h1-6,11-14H/t11-,12-/m1/s1. The first-order chi connectivity index (χ1) is 6.79. The van der Waals surface area contributed by atoms with Crippen molar-refractivity contribution < 1.29 is 10.2 Å². The van der Waals surface area contributed by atoms with Gasteiger partial charge in [0.25, 0.3) is 0 Å². The quantitative estimate of drug-likeness (QED) is 0.592. The van der Waals surface area contributed by atoms with Crippen molar-refractivity contribution in [2.45, 2.75) is 12.2 Å². The predicted octanol–water partition coefficient (Wildman–Crippen LogP) is 1.01. The lowest BCUT2D eigenvalue weighted by molar-refractivity contribution is 0.0663. The highest BCUT2D eigenvalue weighted by molar-refractivity contribution is 5.67. The highest BCUT2D eigenvalue weighted by atomic mass is 16.3. The molecule has 0 amide bonds. The molecule has 0 heterocycles. The van der Waals surface area contributed by atoms with E-state index in [1.165, 1.54) is 0 Å². The summed E-state index contributed by atoms with van der Waals surface area (Å²) in [5.41, 5.74) is 3.75. The number of hydrogen-bond acceptors (Lipinski definition) is 2. The fourth-order valence-corrected chi connectivity index (χ4v) is 2.21. The van der Waals surface area contributed by atoms with E-state index in [0.29, 0.717) is 0 Å². The van der Waals surface area contributed by atoms with Crippen LogP contribution in [0.5, 0.6) is 0 Å². The highest BCUT2D eigenvalue weighted by Crippen LogP contribution is 2.39. The first-order valence-electron chi connectivity index (χ1n) is 4.67. The number of aliphatic hydroxyl groups is 2. The number of allylic oxidation sites excluding steroid dienone is 6. The van der Waals surface area contributed by atoms with Crippen molar-refractivity contribution in [1.82, 2.24) is 0 Å². The summed E-state index contributed by atoms with van der Waals surface area (Å²) >= 11 is 0. The lowest BCUT2D eigenvalue weighted by Gasteiger charge is -2.28. The van der Waals surface area contributed by atoms with E-state index in [1.54, 1.807) is 0 Å². The van der Waals surface area contributed by atoms with E-state index in [1.807, 2.05) is 36.5 Å². The third kappa shape index (κ3) is 0.820. The predicted molar refractivity (Wildman–Crippen MR) is 53.5 cm³/mol. The maximum atomic E-state index is 9.83. The largest absolute Gasteiger partial charge is 0.385 e. The number of aliphatic hydroxyl groups excluding tert-OH is 2. The van der Waals surface area contributed by atoms with E-state index in [4.69, 9.17) is 0 Å². The SMILES string of the molecule is O[C@@H]1C2=CC=CC2=C2C=CC=C2[C@H]1O. The molecule has 0 radical (unpaired) electrons. The van der Waals surface area contributed by atoms with Gasteiger partial charge in [-0.3, -0.25) is 0 Å². The first-order valence-corrected chi connectivity index (χ1v) is 4.67. The Morgan fingerprint density at radius 3 is 1.64 bits per heavy atom. The van der Waals surface area contributed by atoms with Gasteiger partial charge in [-0.15, -0.1) is 0 Å². The Labute approximate surface area is 81.9 Å². The van der Waals surface area contributed by atoms with E-state index in [-0.39, 0.29) is 0 Å². The molecule has 2 N–H and O–H groups in total. The van der Waals surface area contributed by atoms with Crippen LogP contribution in [-0.4, -0.2) is 22.4 Å². The average Bonchev–Trinajstić information content (AvgIpc) is 2.80. The van der Waals surface area contributed by atoms with E-state index >= 15 is 0 Å². The van der Waals surface area contributed by atoms with E-state index in [2.05, 4.69) is 0 Å². The minimum atomic E-state index is -0.783. The number of rotatable bonds is 0. The van der Waals surface area contributed by atoms with Gasteiger partial charge < -0.3 is 10.2 Å². The van der Waals surface area contributed by atoms with Gasteiger partial charge in [0.05, 0.1) is 0 Å². The molecule has 14 heavy (non-hydrogen) atoms. The third-order valence-corrected chi connectivity index (χ3v) is 2.93. The van der Waals surface area contributed by atoms with Gasteiger partial charge in [-0.25, -0.2) is 0 Å². The van der Waals surface area contributed by atoms with Crippen LogP contribution in [0.25, 0.3) is 0 Å². The van der Waals surface area contributed by atoms with E-state index in [0.717, 1.165) is 22.3 Å². The average molecular weight is 186 g/mol. The highest BCUT2D eigenvalue weighted by Gasteiger charge is 2.35. The van der Waals surface area contributed by atoms with Crippen LogP contribution in [0.15, 0.2) is 58.7 Å². The molecule has 0 aliphatic heterocycles. The molecule has 0 aromatic carbocycles. The second-order valence-corrected chi connectivity index (χ2v) is 3.68. The van der Waals surface area contributed by atoms with Gasteiger partial charge >= 0.3 is 0 Å². The number of hydrogen-bond donors (Lipinski definition) is 2. The third-order valence-electron chi connectivity index (χ3n) is 2.93. The molecular weight excluding hydrogens is 176 g/mol. The molecule has 3 rings (SSSR count). The summed E-state index contributed by atoms with van der Waals surface area (Å²) in [5, 5.41) is 19.7. The molecular formula is C12H10O2.